The van der Waals surface area contributed by atoms with Crippen molar-refractivity contribution >= 4 is 22.6 Å². The lowest BCUT2D eigenvalue weighted by Gasteiger charge is -2.31. The fourth-order valence-corrected chi connectivity index (χ4v) is 2.69. The van der Waals surface area contributed by atoms with Crippen LogP contribution in [0.3, 0.4) is 0 Å². The summed E-state index contributed by atoms with van der Waals surface area (Å²) in [5.41, 5.74) is 6.70. The summed E-state index contributed by atoms with van der Waals surface area (Å²) in [6, 6.07) is 9.18. The topological polar surface area (TPSA) is 79.5 Å². The summed E-state index contributed by atoms with van der Waals surface area (Å²) >= 11 is 0. The van der Waals surface area contributed by atoms with Gasteiger partial charge in [0, 0.05) is 18.5 Å². The number of hydrogen-bond donors (Lipinski definition) is 2. The van der Waals surface area contributed by atoms with Crippen LogP contribution in [0, 0.1) is 0 Å². The second kappa shape index (κ2) is 5.09. The first-order chi connectivity index (χ1) is 9.65. The molecule has 2 heterocycles. The average Bonchev–Trinajstić information content (AvgIpc) is 2.46. The standard InChI is InChI=1S/C15H17N3O2/c16-15(20)12-8-14(18-7-3-4-10(19)9-18)17-13-6-2-1-5-11(12)13/h1-2,5-6,8,10,19H,3-4,7,9H2,(H2,16,20)/t10-/m0/s1. The smallest absolute Gasteiger partial charge is 0.249 e. The monoisotopic (exact) mass is 271 g/mol. The number of hydrogen-bond acceptors (Lipinski definition) is 4. The number of primary amides is 1. The van der Waals surface area contributed by atoms with Crippen molar-refractivity contribution in [2.45, 2.75) is 18.9 Å². The summed E-state index contributed by atoms with van der Waals surface area (Å²) in [7, 11) is 0. The molecule has 1 aromatic carbocycles. The number of para-hydroxylation sites is 1. The molecule has 1 fully saturated rings. The molecule has 104 valence electrons. The molecule has 0 saturated carbocycles. The summed E-state index contributed by atoms with van der Waals surface area (Å²) < 4.78 is 0. The second-order valence-corrected chi connectivity index (χ2v) is 5.15. The number of anilines is 1. The van der Waals surface area contributed by atoms with E-state index in [9.17, 15) is 9.90 Å². The predicted octanol–water partition coefficient (Wildman–Crippen LogP) is 1.29. The fourth-order valence-electron chi connectivity index (χ4n) is 2.69. The lowest BCUT2D eigenvalue weighted by Crippen LogP contribution is -2.38. The van der Waals surface area contributed by atoms with Crippen LogP contribution in [0.25, 0.3) is 10.9 Å². The maximum atomic E-state index is 11.6. The van der Waals surface area contributed by atoms with Gasteiger partial charge in [0.25, 0.3) is 0 Å². The van der Waals surface area contributed by atoms with Crippen LogP contribution in [0.1, 0.15) is 23.2 Å². The van der Waals surface area contributed by atoms with Gasteiger partial charge in [-0.3, -0.25) is 4.79 Å². The SMILES string of the molecule is NC(=O)c1cc(N2CCC[C@H](O)C2)nc2ccccc12. The minimum atomic E-state index is -0.456. The van der Waals surface area contributed by atoms with Gasteiger partial charge in [0.2, 0.25) is 5.91 Å². The summed E-state index contributed by atoms with van der Waals surface area (Å²) in [5, 5.41) is 10.5. The van der Waals surface area contributed by atoms with E-state index in [1.165, 1.54) is 0 Å². The highest BCUT2D eigenvalue weighted by molar-refractivity contribution is 6.06. The number of amides is 1. The Labute approximate surface area is 117 Å². The Kier molecular flexibility index (Phi) is 3.28. The number of benzene rings is 1. The fraction of sp³-hybridized carbons (Fsp3) is 0.333. The Hall–Kier alpha value is -2.14. The minimum Gasteiger partial charge on any atom is -0.391 e. The molecule has 0 spiro atoms. The van der Waals surface area contributed by atoms with Gasteiger partial charge in [-0.1, -0.05) is 18.2 Å². The molecule has 1 atom stereocenters. The number of fused-ring (bicyclic) bond motifs is 1. The lowest BCUT2D eigenvalue weighted by atomic mass is 10.1. The van der Waals surface area contributed by atoms with Crippen LogP contribution in [0.4, 0.5) is 5.82 Å². The molecule has 1 aliphatic rings. The molecule has 5 heteroatoms. The Morgan fingerprint density at radius 2 is 2.20 bits per heavy atom. The van der Waals surface area contributed by atoms with Crippen LogP contribution >= 0.6 is 0 Å². The number of aromatic nitrogens is 1. The van der Waals surface area contributed by atoms with Crippen molar-refractivity contribution in [3.05, 3.63) is 35.9 Å². The molecule has 1 amide bonds. The third-order valence-corrected chi connectivity index (χ3v) is 3.69. The van der Waals surface area contributed by atoms with Crippen LogP contribution in [0.5, 0.6) is 0 Å². The van der Waals surface area contributed by atoms with E-state index < -0.39 is 5.91 Å². The van der Waals surface area contributed by atoms with Crippen molar-refractivity contribution < 1.29 is 9.90 Å². The summed E-state index contributed by atoms with van der Waals surface area (Å²) in [4.78, 5) is 18.2. The van der Waals surface area contributed by atoms with Gasteiger partial charge >= 0.3 is 0 Å². The van der Waals surface area contributed by atoms with Crippen LogP contribution < -0.4 is 10.6 Å². The minimum absolute atomic E-state index is 0.339. The Morgan fingerprint density at radius 3 is 2.95 bits per heavy atom. The normalized spacial score (nSPS) is 19.2. The highest BCUT2D eigenvalue weighted by atomic mass is 16.3. The molecule has 5 nitrogen and oxygen atoms in total. The number of piperidine rings is 1. The predicted molar refractivity (Wildman–Crippen MR) is 77.7 cm³/mol. The van der Waals surface area contributed by atoms with E-state index in [2.05, 4.69) is 4.98 Å². The van der Waals surface area contributed by atoms with Crippen molar-refractivity contribution in [2.75, 3.05) is 18.0 Å². The summed E-state index contributed by atoms with van der Waals surface area (Å²) in [6.45, 7) is 1.38. The largest absolute Gasteiger partial charge is 0.391 e. The number of β-amino-alcohol motifs (C(OH)–C–C–N with tert-alkyl or cyclic N) is 1. The van der Waals surface area contributed by atoms with E-state index in [4.69, 9.17) is 5.73 Å². The van der Waals surface area contributed by atoms with E-state index in [1.807, 2.05) is 29.2 Å². The van der Waals surface area contributed by atoms with Crippen LogP contribution in [-0.4, -0.2) is 35.2 Å². The van der Waals surface area contributed by atoms with E-state index in [0.29, 0.717) is 17.9 Å². The number of pyridine rings is 1. The quantitative estimate of drug-likeness (QED) is 0.862. The highest BCUT2D eigenvalue weighted by Crippen LogP contribution is 2.25. The molecule has 0 bridgehead atoms. The zero-order valence-electron chi connectivity index (χ0n) is 11.1. The number of aliphatic hydroxyl groups is 1. The average molecular weight is 271 g/mol. The second-order valence-electron chi connectivity index (χ2n) is 5.15. The van der Waals surface area contributed by atoms with Crippen molar-refractivity contribution in [3.8, 4) is 0 Å². The molecular formula is C15H17N3O2. The molecule has 2 aromatic rings. The highest BCUT2D eigenvalue weighted by Gasteiger charge is 2.20. The number of rotatable bonds is 2. The van der Waals surface area contributed by atoms with Gasteiger partial charge in [-0.25, -0.2) is 4.98 Å². The number of aliphatic hydroxyl groups excluding tert-OH is 1. The van der Waals surface area contributed by atoms with Gasteiger partial charge in [-0.05, 0) is 25.0 Å². The van der Waals surface area contributed by atoms with Gasteiger partial charge in [0.05, 0.1) is 17.2 Å². The molecule has 3 rings (SSSR count). The maximum absolute atomic E-state index is 11.6. The van der Waals surface area contributed by atoms with Crippen molar-refractivity contribution in [3.63, 3.8) is 0 Å². The molecule has 1 saturated heterocycles. The Morgan fingerprint density at radius 1 is 1.40 bits per heavy atom. The van der Waals surface area contributed by atoms with E-state index in [1.54, 1.807) is 6.07 Å². The molecule has 1 aromatic heterocycles. The Balaban J connectivity index is 2.09. The van der Waals surface area contributed by atoms with Crippen LogP contribution in [0.2, 0.25) is 0 Å². The van der Waals surface area contributed by atoms with E-state index in [0.717, 1.165) is 30.3 Å². The molecule has 0 unspecified atom stereocenters. The third-order valence-electron chi connectivity index (χ3n) is 3.69. The van der Waals surface area contributed by atoms with Crippen molar-refractivity contribution in [1.29, 1.82) is 0 Å². The number of nitrogens with two attached hydrogens (primary N) is 1. The van der Waals surface area contributed by atoms with E-state index >= 15 is 0 Å². The molecule has 1 aliphatic heterocycles. The molecular weight excluding hydrogens is 254 g/mol. The van der Waals surface area contributed by atoms with Gasteiger partial charge < -0.3 is 15.7 Å². The zero-order chi connectivity index (χ0) is 14.1. The first-order valence-corrected chi connectivity index (χ1v) is 6.78. The number of carbonyl (C=O) groups is 1. The summed E-state index contributed by atoms with van der Waals surface area (Å²) in [5.74, 6) is 0.249. The first kappa shape index (κ1) is 12.9. The van der Waals surface area contributed by atoms with E-state index in [-0.39, 0.29) is 6.10 Å². The zero-order valence-corrected chi connectivity index (χ0v) is 11.1. The van der Waals surface area contributed by atoms with Gasteiger partial charge in [-0.15, -0.1) is 0 Å². The molecule has 0 radical (unpaired) electrons. The van der Waals surface area contributed by atoms with Gasteiger partial charge in [0.15, 0.2) is 0 Å². The van der Waals surface area contributed by atoms with Gasteiger partial charge in [0.1, 0.15) is 5.82 Å². The third kappa shape index (κ3) is 2.32. The summed E-state index contributed by atoms with van der Waals surface area (Å²) in [6.07, 6.45) is 1.39. The van der Waals surface area contributed by atoms with Crippen molar-refractivity contribution in [1.82, 2.24) is 4.98 Å². The Bertz CT molecular complexity index is 657. The lowest BCUT2D eigenvalue weighted by molar-refractivity contribution is 0.100. The molecule has 0 aliphatic carbocycles. The number of carbonyl (C=O) groups excluding carboxylic acids is 1. The molecule has 3 N–H and O–H groups in total. The maximum Gasteiger partial charge on any atom is 0.249 e. The first-order valence-electron chi connectivity index (χ1n) is 6.78. The van der Waals surface area contributed by atoms with Crippen LogP contribution in [-0.2, 0) is 0 Å². The van der Waals surface area contributed by atoms with Crippen molar-refractivity contribution in [2.24, 2.45) is 5.73 Å². The molecule has 20 heavy (non-hydrogen) atoms. The number of nitrogens with zero attached hydrogens (tertiary/aromatic N) is 2. The van der Waals surface area contributed by atoms with Gasteiger partial charge in [-0.2, -0.15) is 0 Å². The van der Waals surface area contributed by atoms with Crippen LogP contribution in [0.15, 0.2) is 30.3 Å².